The third-order valence-electron chi connectivity index (χ3n) is 7.55. The van der Waals surface area contributed by atoms with E-state index < -0.39 is 34.4 Å². The number of hydrogen-bond acceptors (Lipinski definition) is 7. The van der Waals surface area contributed by atoms with Crippen molar-refractivity contribution in [2.45, 2.75) is 30.4 Å². The molecule has 1 atom stereocenters. The van der Waals surface area contributed by atoms with Crippen LogP contribution in [0.1, 0.15) is 16.8 Å². The number of pyridine rings is 1. The first kappa shape index (κ1) is 34.6. The van der Waals surface area contributed by atoms with E-state index in [0.29, 0.717) is 11.4 Å². The topological polar surface area (TPSA) is 127 Å². The molecule has 0 bridgehead atoms. The zero-order chi connectivity index (χ0) is 34.6. The zero-order valence-corrected chi connectivity index (χ0v) is 27.5. The Morgan fingerprint density at radius 2 is 1.49 bits per heavy atom. The van der Waals surface area contributed by atoms with E-state index in [9.17, 15) is 22.4 Å². The summed E-state index contributed by atoms with van der Waals surface area (Å²) in [6.07, 6.45) is 1.88. The number of carbonyl (C=O) groups is 2. The smallest absolute Gasteiger partial charge is 0.261 e. The van der Waals surface area contributed by atoms with Crippen molar-refractivity contribution in [1.82, 2.24) is 15.2 Å². The van der Waals surface area contributed by atoms with E-state index in [-0.39, 0.29) is 41.7 Å². The van der Waals surface area contributed by atoms with Crippen LogP contribution in [0.4, 0.5) is 10.1 Å². The van der Waals surface area contributed by atoms with E-state index in [4.69, 9.17) is 9.47 Å². The lowest BCUT2D eigenvalue weighted by Crippen LogP contribution is -2.51. The lowest BCUT2D eigenvalue weighted by atomic mass is 10.0. The molecule has 0 saturated heterocycles. The average molecular weight is 683 g/mol. The van der Waals surface area contributed by atoms with Gasteiger partial charge in [-0.3, -0.25) is 19.3 Å². The predicted molar refractivity (Wildman–Crippen MR) is 183 cm³/mol. The van der Waals surface area contributed by atoms with E-state index in [1.165, 1.54) is 41.3 Å². The Morgan fingerprint density at radius 1 is 0.816 bits per heavy atom. The van der Waals surface area contributed by atoms with Gasteiger partial charge in [-0.25, -0.2) is 12.8 Å². The minimum absolute atomic E-state index is 0.0517. The van der Waals surface area contributed by atoms with Crippen molar-refractivity contribution < 1.29 is 31.9 Å². The summed E-state index contributed by atoms with van der Waals surface area (Å²) < 4.78 is 52.4. The standard InChI is InChI=1S/C37H35FN4O6S/c1-47-32-16-10-28(11-17-32)25-42(35(23-27-7-3-2-4-8-27)37(44)40-24-31-9-5-6-22-39-31)36(43)26-48-33-18-20-34(21-19-33)49(45,46)41-30-14-12-29(38)13-15-30/h2-22,35,41H,23-26H2,1H3,(H,40,44)/t35-/m1/s1. The van der Waals surface area contributed by atoms with Crippen LogP contribution in [0.2, 0.25) is 0 Å². The molecule has 49 heavy (non-hydrogen) atoms. The molecule has 0 fully saturated rings. The van der Waals surface area contributed by atoms with Crippen molar-refractivity contribution in [1.29, 1.82) is 0 Å². The first-order valence-electron chi connectivity index (χ1n) is 15.4. The van der Waals surface area contributed by atoms with Gasteiger partial charge < -0.3 is 19.7 Å². The molecule has 0 spiro atoms. The average Bonchev–Trinajstić information content (AvgIpc) is 3.13. The molecule has 0 aliphatic carbocycles. The van der Waals surface area contributed by atoms with Gasteiger partial charge in [-0.2, -0.15) is 0 Å². The molecule has 12 heteroatoms. The number of carbonyl (C=O) groups excluding carboxylic acids is 2. The quantitative estimate of drug-likeness (QED) is 0.152. The molecule has 4 aromatic carbocycles. The van der Waals surface area contributed by atoms with E-state index in [2.05, 4.69) is 15.0 Å². The Balaban J connectivity index is 1.35. The monoisotopic (exact) mass is 682 g/mol. The third-order valence-corrected chi connectivity index (χ3v) is 8.94. The minimum atomic E-state index is -3.96. The highest BCUT2D eigenvalue weighted by atomic mass is 32.2. The third kappa shape index (κ3) is 9.88. The highest BCUT2D eigenvalue weighted by molar-refractivity contribution is 7.92. The molecule has 0 saturated carbocycles. The molecule has 1 heterocycles. The molecule has 2 amide bonds. The predicted octanol–water partition coefficient (Wildman–Crippen LogP) is 5.37. The van der Waals surface area contributed by atoms with Gasteiger partial charge in [-0.05, 0) is 83.9 Å². The molecule has 0 unspecified atom stereocenters. The van der Waals surface area contributed by atoms with E-state index in [1.54, 1.807) is 37.6 Å². The van der Waals surface area contributed by atoms with Crippen LogP contribution in [-0.4, -0.2) is 49.9 Å². The first-order valence-corrected chi connectivity index (χ1v) is 16.8. The molecule has 252 valence electrons. The number of aromatic nitrogens is 1. The van der Waals surface area contributed by atoms with Crippen molar-refractivity contribution in [2.75, 3.05) is 18.4 Å². The SMILES string of the molecule is COc1ccc(CN(C(=O)COc2ccc(S(=O)(=O)Nc3ccc(F)cc3)cc2)[C@H](Cc2ccccc2)C(=O)NCc2ccccn2)cc1. The molecular formula is C37H35FN4O6S. The van der Waals surface area contributed by atoms with Gasteiger partial charge in [-0.15, -0.1) is 0 Å². The number of sulfonamides is 1. The van der Waals surface area contributed by atoms with E-state index in [0.717, 1.165) is 23.3 Å². The van der Waals surface area contributed by atoms with Crippen molar-refractivity contribution >= 4 is 27.5 Å². The van der Waals surface area contributed by atoms with Gasteiger partial charge in [0.05, 0.1) is 24.2 Å². The molecule has 10 nitrogen and oxygen atoms in total. The second kappa shape index (κ2) is 16.4. The van der Waals surface area contributed by atoms with Crippen LogP contribution in [0, 0.1) is 5.82 Å². The molecule has 0 aliphatic heterocycles. The Bertz CT molecular complexity index is 1930. The van der Waals surface area contributed by atoms with Gasteiger partial charge in [0.25, 0.3) is 15.9 Å². The summed E-state index contributed by atoms with van der Waals surface area (Å²) in [5.41, 5.74) is 2.51. The van der Waals surface area contributed by atoms with Crippen molar-refractivity contribution in [3.8, 4) is 11.5 Å². The number of amides is 2. The highest BCUT2D eigenvalue weighted by Crippen LogP contribution is 2.21. The van der Waals surface area contributed by atoms with Crippen LogP contribution < -0.4 is 19.5 Å². The fourth-order valence-electron chi connectivity index (χ4n) is 4.95. The van der Waals surface area contributed by atoms with Crippen LogP contribution in [0.3, 0.4) is 0 Å². The maximum atomic E-state index is 14.0. The number of nitrogens with zero attached hydrogens (tertiary/aromatic N) is 2. The molecule has 2 N–H and O–H groups in total. The molecule has 5 rings (SSSR count). The fraction of sp³-hybridized carbons (Fsp3) is 0.162. The Labute approximate surface area is 284 Å². The van der Waals surface area contributed by atoms with Gasteiger partial charge in [0, 0.05) is 24.8 Å². The summed E-state index contributed by atoms with van der Waals surface area (Å²) in [6, 6.07) is 31.6. The number of rotatable bonds is 15. The number of methoxy groups -OCH3 is 1. The van der Waals surface area contributed by atoms with Crippen LogP contribution in [0.25, 0.3) is 0 Å². The van der Waals surface area contributed by atoms with Crippen molar-refractivity contribution in [3.05, 3.63) is 150 Å². The first-order chi connectivity index (χ1) is 23.7. The van der Waals surface area contributed by atoms with Crippen molar-refractivity contribution in [2.24, 2.45) is 0 Å². The lowest BCUT2D eigenvalue weighted by molar-refractivity contribution is -0.142. The van der Waals surface area contributed by atoms with Crippen LogP contribution in [-0.2, 0) is 39.1 Å². The Morgan fingerprint density at radius 3 is 2.14 bits per heavy atom. The molecular weight excluding hydrogens is 647 g/mol. The summed E-state index contributed by atoms with van der Waals surface area (Å²) in [4.78, 5) is 33.5. The normalized spacial score (nSPS) is 11.6. The Hall–Kier alpha value is -5.75. The second-order valence-corrected chi connectivity index (χ2v) is 12.7. The summed E-state index contributed by atoms with van der Waals surface area (Å²) in [5.74, 6) is -0.410. The summed E-state index contributed by atoms with van der Waals surface area (Å²) in [5, 5.41) is 2.94. The number of benzene rings is 4. The van der Waals surface area contributed by atoms with Gasteiger partial charge in [0.1, 0.15) is 23.4 Å². The van der Waals surface area contributed by atoms with Gasteiger partial charge >= 0.3 is 0 Å². The van der Waals surface area contributed by atoms with Gasteiger partial charge in [-0.1, -0.05) is 48.5 Å². The largest absolute Gasteiger partial charge is 0.497 e. The summed E-state index contributed by atoms with van der Waals surface area (Å²) in [6.45, 7) is -0.140. The summed E-state index contributed by atoms with van der Waals surface area (Å²) >= 11 is 0. The second-order valence-electron chi connectivity index (χ2n) is 11.0. The number of anilines is 1. The molecule has 0 aliphatic rings. The van der Waals surface area contributed by atoms with Gasteiger partial charge in [0.2, 0.25) is 5.91 Å². The van der Waals surface area contributed by atoms with Crippen LogP contribution >= 0.6 is 0 Å². The van der Waals surface area contributed by atoms with Crippen LogP contribution in [0.5, 0.6) is 11.5 Å². The Kier molecular flexibility index (Phi) is 11.6. The lowest BCUT2D eigenvalue weighted by Gasteiger charge is -2.31. The number of hydrogen-bond donors (Lipinski definition) is 2. The van der Waals surface area contributed by atoms with Crippen molar-refractivity contribution in [3.63, 3.8) is 0 Å². The highest BCUT2D eigenvalue weighted by Gasteiger charge is 2.31. The maximum absolute atomic E-state index is 14.0. The molecule has 5 aromatic rings. The molecule has 0 radical (unpaired) electrons. The zero-order valence-electron chi connectivity index (χ0n) is 26.7. The minimum Gasteiger partial charge on any atom is -0.497 e. The number of nitrogens with one attached hydrogen (secondary N) is 2. The van der Waals surface area contributed by atoms with E-state index in [1.807, 2.05) is 48.5 Å². The fourth-order valence-corrected chi connectivity index (χ4v) is 6.01. The maximum Gasteiger partial charge on any atom is 0.261 e. The van der Waals surface area contributed by atoms with Crippen LogP contribution in [0.15, 0.2) is 132 Å². The molecule has 1 aromatic heterocycles. The number of halogens is 1. The van der Waals surface area contributed by atoms with Gasteiger partial charge in [0.15, 0.2) is 6.61 Å². The summed E-state index contributed by atoms with van der Waals surface area (Å²) in [7, 11) is -2.40. The number of ether oxygens (including phenoxy) is 2. The van der Waals surface area contributed by atoms with E-state index >= 15 is 0 Å².